The quantitative estimate of drug-likeness (QED) is 0.864. The van der Waals surface area contributed by atoms with E-state index in [4.69, 9.17) is 4.74 Å². The lowest BCUT2D eigenvalue weighted by Crippen LogP contribution is -2.29. The summed E-state index contributed by atoms with van der Waals surface area (Å²) in [4.78, 5) is 0. The molecule has 2 rings (SSSR count). The summed E-state index contributed by atoms with van der Waals surface area (Å²) in [6.45, 7) is 8.96. The zero-order chi connectivity index (χ0) is 13.2. The van der Waals surface area contributed by atoms with E-state index in [1.807, 2.05) is 0 Å². The molecule has 0 bridgehead atoms. The molecule has 2 heteroatoms. The zero-order valence-electron chi connectivity index (χ0n) is 12.0. The summed E-state index contributed by atoms with van der Waals surface area (Å²) in [5.74, 6) is 1.69. The molecule has 1 aromatic rings. The van der Waals surface area contributed by atoms with Crippen LogP contribution in [0.15, 0.2) is 18.2 Å². The van der Waals surface area contributed by atoms with Crippen LogP contribution in [0.4, 0.5) is 0 Å². The van der Waals surface area contributed by atoms with Crippen LogP contribution in [-0.2, 0) is 5.41 Å². The number of hydrogen-bond acceptors (Lipinski definition) is 2. The fourth-order valence-electron chi connectivity index (χ4n) is 2.81. The highest BCUT2D eigenvalue weighted by atomic mass is 16.5. The Morgan fingerprint density at radius 1 is 1.28 bits per heavy atom. The first kappa shape index (κ1) is 13.4. The molecule has 1 fully saturated rings. The molecular formula is C16H25NO. The minimum Gasteiger partial charge on any atom is -0.496 e. The molecule has 1 atom stereocenters. The van der Waals surface area contributed by atoms with Crippen molar-refractivity contribution in [2.75, 3.05) is 20.2 Å². The maximum atomic E-state index is 5.73. The molecule has 1 N–H and O–H groups in total. The van der Waals surface area contributed by atoms with Gasteiger partial charge in [0.2, 0.25) is 0 Å². The van der Waals surface area contributed by atoms with Gasteiger partial charge in [-0.15, -0.1) is 0 Å². The van der Waals surface area contributed by atoms with E-state index >= 15 is 0 Å². The van der Waals surface area contributed by atoms with Gasteiger partial charge in [0.05, 0.1) is 7.11 Å². The van der Waals surface area contributed by atoms with Crippen molar-refractivity contribution in [3.05, 3.63) is 29.3 Å². The van der Waals surface area contributed by atoms with E-state index in [1.54, 1.807) is 7.11 Å². The largest absolute Gasteiger partial charge is 0.496 e. The van der Waals surface area contributed by atoms with E-state index in [2.05, 4.69) is 44.3 Å². The van der Waals surface area contributed by atoms with Gasteiger partial charge in [0, 0.05) is 12.5 Å². The van der Waals surface area contributed by atoms with Crippen molar-refractivity contribution in [1.82, 2.24) is 5.32 Å². The van der Waals surface area contributed by atoms with Gasteiger partial charge in [-0.2, -0.15) is 0 Å². The van der Waals surface area contributed by atoms with Gasteiger partial charge in [0.15, 0.2) is 0 Å². The topological polar surface area (TPSA) is 21.3 Å². The van der Waals surface area contributed by atoms with Gasteiger partial charge in [0.1, 0.15) is 5.75 Å². The van der Waals surface area contributed by atoms with Crippen LogP contribution in [-0.4, -0.2) is 20.2 Å². The van der Waals surface area contributed by atoms with Crippen LogP contribution in [0.25, 0.3) is 0 Å². The number of ether oxygens (including phenoxy) is 1. The van der Waals surface area contributed by atoms with Crippen molar-refractivity contribution in [2.45, 2.75) is 44.9 Å². The fraction of sp³-hybridized carbons (Fsp3) is 0.625. The monoisotopic (exact) mass is 247 g/mol. The molecule has 0 saturated carbocycles. The van der Waals surface area contributed by atoms with Crippen molar-refractivity contribution in [2.24, 2.45) is 0 Å². The second-order valence-electron chi connectivity index (χ2n) is 6.22. The Kier molecular flexibility index (Phi) is 3.96. The molecule has 0 aromatic heterocycles. The highest BCUT2D eigenvalue weighted by Crippen LogP contribution is 2.38. The molecule has 0 spiro atoms. The second kappa shape index (κ2) is 5.31. The highest BCUT2D eigenvalue weighted by Gasteiger charge is 2.25. The Balaban J connectivity index is 2.40. The fourth-order valence-corrected chi connectivity index (χ4v) is 2.81. The molecule has 100 valence electrons. The summed E-state index contributed by atoms with van der Waals surface area (Å²) in [6, 6.07) is 6.59. The third-order valence-corrected chi connectivity index (χ3v) is 3.79. The Labute approximate surface area is 111 Å². The number of rotatable bonds is 2. The predicted octanol–water partition coefficient (Wildman–Crippen LogP) is 3.46. The summed E-state index contributed by atoms with van der Waals surface area (Å²) in [6.07, 6.45) is 2.52. The van der Waals surface area contributed by atoms with E-state index in [1.165, 1.54) is 24.0 Å². The molecule has 0 amide bonds. The van der Waals surface area contributed by atoms with Crippen LogP contribution in [0.3, 0.4) is 0 Å². The van der Waals surface area contributed by atoms with Gasteiger partial charge in [0.25, 0.3) is 0 Å². The third kappa shape index (κ3) is 2.69. The highest BCUT2D eigenvalue weighted by molar-refractivity contribution is 5.47. The number of benzene rings is 1. The Hall–Kier alpha value is -1.02. The van der Waals surface area contributed by atoms with E-state index in [-0.39, 0.29) is 5.41 Å². The Morgan fingerprint density at radius 2 is 2.06 bits per heavy atom. The smallest absolute Gasteiger partial charge is 0.126 e. The van der Waals surface area contributed by atoms with Gasteiger partial charge in [-0.3, -0.25) is 0 Å². The summed E-state index contributed by atoms with van der Waals surface area (Å²) in [5, 5.41) is 3.49. The van der Waals surface area contributed by atoms with E-state index in [9.17, 15) is 0 Å². The normalized spacial score (nSPS) is 20.8. The third-order valence-electron chi connectivity index (χ3n) is 3.79. The van der Waals surface area contributed by atoms with Gasteiger partial charge in [-0.05, 0) is 35.9 Å². The van der Waals surface area contributed by atoms with Crippen LogP contribution in [0.1, 0.15) is 50.7 Å². The lowest BCUT2D eigenvalue weighted by molar-refractivity contribution is 0.378. The van der Waals surface area contributed by atoms with Crippen molar-refractivity contribution in [1.29, 1.82) is 0 Å². The molecule has 1 aliphatic heterocycles. The van der Waals surface area contributed by atoms with Crippen LogP contribution < -0.4 is 10.1 Å². The maximum absolute atomic E-state index is 5.73. The summed E-state index contributed by atoms with van der Waals surface area (Å²) < 4.78 is 5.73. The van der Waals surface area contributed by atoms with Crippen LogP contribution in [0.2, 0.25) is 0 Å². The van der Waals surface area contributed by atoms with Gasteiger partial charge in [-0.25, -0.2) is 0 Å². The molecule has 1 aliphatic rings. The predicted molar refractivity (Wildman–Crippen MR) is 76.5 cm³/mol. The van der Waals surface area contributed by atoms with Crippen molar-refractivity contribution >= 4 is 0 Å². The number of nitrogens with one attached hydrogen (secondary N) is 1. The minimum atomic E-state index is 0.128. The molecule has 1 heterocycles. The Bertz CT molecular complexity index is 400. The zero-order valence-corrected chi connectivity index (χ0v) is 12.0. The molecule has 1 saturated heterocycles. The van der Waals surface area contributed by atoms with Crippen molar-refractivity contribution in [3.63, 3.8) is 0 Å². The van der Waals surface area contributed by atoms with Gasteiger partial charge in [-0.1, -0.05) is 39.0 Å². The molecule has 1 unspecified atom stereocenters. The number of hydrogen-bond donors (Lipinski definition) is 1. The SMILES string of the molecule is COc1c(C2CCCNC2)cccc1C(C)(C)C. The molecule has 1 aromatic carbocycles. The second-order valence-corrected chi connectivity index (χ2v) is 6.22. The summed E-state index contributed by atoms with van der Waals surface area (Å²) in [7, 11) is 1.80. The summed E-state index contributed by atoms with van der Waals surface area (Å²) >= 11 is 0. The van der Waals surface area contributed by atoms with E-state index in [0.717, 1.165) is 18.8 Å². The van der Waals surface area contributed by atoms with Gasteiger partial charge >= 0.3 is 0 Å². The average molecular weight is 247 g/mol. The molecule has 0 aliphatic carbocycles. The number of piperidine rings is 1. The molecule has 0 radical (unpaired) electrons. The molecular weight excluding hydrogens is 222 g/mol. The van der Waals surface area contributed by atoms with Crippen molar-refractivity contribution in [3.8, 4) is 5.75 Å². The summed E-state index contributed by atoms with van der Waals surface area (Å²) in [5.41, 5.74) is 2.81. The average Bonchev–Trinajstić information content (AvgIpc) is 2.37. The van der Waals surface area contributed by atoms with Crippen LogP contribution >= 0.6 is 0 Å². The van der Waals surface area contributed by atoms with Crippen molar-refractivity contribution < 1.29 is 4.74 Å². The lowest BCUT2D eigenvalue weighted by atomic mass is 9.82. The minimum absolute atomic E-state index is 0.128. The van der Waals surface area contributed by atoms with E-state index in [0.29, 0.717) is 5.92 Å². The van der Waals surface area contributed by atoms with Crippen LogP contribution in [0, 0.1) is 0 Å². The van der Waals surface area contributed by atoms with E-state index < -0.39 is 0 Å². The first-order valence-corrected chi connectivity index (χ1v) is 6.92. The Morgan fingerprint density at radius 3 is 2.61 bits per heavy atom. The maximum Gasteiger partial charge on any atom is 0.126 e. The number of para-hydroxylation sites is 1. The van der Waals surface area contributed by atoms with Crippen LogP contribution in [0.5, 0.6) is 5.75 Å². The molecule has 2 nitrogen and oxygen atoms in total. The lowest BCUT2D eigenvalue weighted by Gasteiger charge is -2.29. The first-order valence-electron chi connectivity index (χ1n) is 6.92. The number of methoxy groups -OCH3 is 1. The van der Waals surface area contributed by atoms with Gasteiger partial charge < -0.3 is 10.1 Å². The first-order chi connectivity index (χ1) is 8.54. The molecule has 18 heavy (non-hydrogen) atoms. The standard InChI is InChI=1S/C16H25NO/c1-16(2,3)14-9-5-8-13(15(14)18-4)12-7-6-10-17-11-12/h5,8-9,12,17H,6-7,10-11H2,1-4H3.